The predicted molar refractivity (Wildman–Crippen MR) is 69.4 cm³/mol. The van der Waals surface area contributed by atoms with Crippen molar-refractivity contribution in [3.63, 3.8) is 0 Å². The summed E-state index contributed by atoms with van der Waals surface area (Å²) >= 11 is 0. The molecular formula is C11H16ClN3O2. The minimum Gasteiger partial charge on any atom is -0.355 e. The van der Waals surface area contributed by atoms with Gasteiger partial charge in [-0.3, -0.25) is 9.59 Å². The summed E-state index contributed by atoms with van der Waals surface area (Å²) in [5.41, 5.74) is 6.31. The van der Waals surface area contributed by atoms with Crippen molar-refractivity contribution in [1.82, 2.24) is 5.32 Å². The Morgan fingerprint density at radius 2 is 1.88 bits per heavy atom. The van der Waals surface area contributed by atoms with E-state index in [9.17, 15) is 9.59 Å². The third kappa shape index (κ3) is 4.05. The van der Waals surface area contributed by atoms with Crippen LogP contribution in [0.4, 0.5) is 5.69 Å². The highest BCUT2D eigenvalue weighted by Crippen LogP contribution is 2.14. The van der Waals surface area contributed by atoms with Gasteiger partial charge in [0, 0.05) is 7.05 Å². The Bertz CT molecular complexity index is 407. The van der Waals surface area contributed by atoms with Crippen LogP contribution in [-0.4, -0.2) is 24.9 Å². The Morgan fingerprint density at radius 3 is 2.41 bits per heavy atom. The largest absolute Gasteiger partial charge is 0.355 e. The summed E-state index contributed by atoms with van der Waals surface area (Å²) in [4.78, 5) is 22.9. The minimum atomic E-state index is -0.613. The van der Waals surface area contributed by atoms with Crippen LogP contribution in [0.3, 0.4) is 0 Å². The Morgan fingerprint density at radius 1 is 1.29 bits per heavy atom. The van der Waals surface area contributed by atoms with Crippen molar-refractivity contribution < 1.29 is 9.59 Å². The summed E-state index contributed by atoms with van der Waals surface area (Å²) in [7, 11) is 1.53. The number of hydrogen-bond donors (Lipinski definition) is 3. The van der Waals surface area contributed by atoms with E-state index in [-0.39, 0.29) is 24.2 Å². The van der Waals surface area contributed by atoms with Gasteiger partial charge in [0.05, 0.1) is 17.3 Å². The summed E-state index contributed by atoms with van der Waals surface area (Å²) in [6.07, 6.45) is 0. The van der Waals surface area contributed by atoms with Crippen molar-refractivity contribution in [2.75, 3.05) is 12.4 Å². The second-order valence-corrected chi connectivity index (χ2v) is 3.40. The average Bonchev–Trinajstić information content (AvgIpc) is 2.28. The van der Waals surface area contributed by atoms with Gasteiger partial charge in [0.25, 0.3) is 5.91 Å². The van der Waals surface area contributed by atoms with Crippen molar-refractivity contribution >= 4 is 29.9 Å². The Hall–Kier alpha value is -1.59. The van der Waals surface area contributed by atoms with E-state index in [2.05, 4.69) is 10.6 Å². The van der Waals surface area contributed by atoms with Crippen LogP contribution < -0.4 is 16.4 Å². The summed E-state index contributed by atoms with van der Waals surface area (Å²) in [6.45, 7) is 1.58. The number of nitrogens with two attached hydrogens (primary N) is 1. The summed E-state index contributed by atoms with van der Waals surface area (Å²) < 4.78 is 0. The zero-order chi connectivity index (χ0) is 12.1. The topological polar surface area (TPSA) is 84.2 Å². The standard InChI is InChI=1S/C11H15N3O2.ClH/c1-7(12)10(15)14-9-6-4-3-5-8(9)11(16)13-2;/h3-7H,12H2,1-2H3,(H,13,16)(H,14,15);1H/t7-;/m0./s1. The lowest BCUT2D eigenvalue weighted by atomic mass is 10.1. The maximum absolute atomic E-state index is 11.5. The molecule has 0 unspecified atom stereocenters. The molecule has 1 atom stereocenters. The van der Waals surface area contributed by atoms with Crippen LogP contribution in [0.5, 0.6) is 0 Å². The van der Waals surface area contributed by atoms with Crippen molar-refractivity contribution in [3.05, 3.63) is 29.8 Å². The molecule has 5 nitrogen and oxygen atoms in total. The van der Waals surface area contributed by atoms with Gasteiger partial charge in [0.1, 0.15) is 0 Å². The normalized spacial score (nSPS) is 11.0. The molecule has 0 radical (unpaired) electrons. The number of amides is 2. The molecule has 1 aromatic rings. The van der Waals surface area contributed by atoms with Crippen molar-refractivity contribution in [2.24, 2.45) is 5.73 Å². The Balaban J connectivity index is 0.00000256. The molecule has 0 spiro atoms. The Labute approximate surface area is 106 Å². The van der Waals surface area contributed by atoms with E-state index in [0.29, 0.717) is 11.3 Å². The lowest BCUT2D eigenvalue weighted by molar-refractivity contribution is -0.117. The van der Waals surface area contributed by atoms with Crippen LogP contribution in [0.2, 0.25) is 0 Å². The highest BCUT2D eigenvalue weighted by atomic mass is 35.5. The van der Waals surface area contributed by atoms with Crippen LogP contribution >= 0.6 is 12.4 Å². The number of rotatable bonds is 3. The number of benzene rings is 1. The fourth-order valence-corrected chi connectivity index (χ4v) is 1.17. The van der Waals surface area contributed by atoms with Crippen molar-refractivity contribution in [1.29, 1.82) is 0 Å². The van der Waals surface area contributed by atoms with Gasteiger partial charge in [0.15, 0.2) is 0 Å². The lowest BCUT2D eigenvalue weighted by Crippen LogP contribution is -2.33. The summed E-state index contributed by atoms with van der Waals surface area (Å²) in [6, 6.07) is 6.15. The first-order chi connectivity index (χ1) is 7.56. The van der Waals surface area contributed by atoms with Crippen LogP contribution in [0.15, 0.2) is 24.3 Å². The van der Waals surface area contributed by atoms with Crippen LogP contribution in [0, 0.1) is 0 Å². The molecule has 1 rings (SSSR count). The fourth-order valence-electron chi connectivity index (χ4n) is 1.17. The highest BCUT2D eigenvalue weighted by Gasteiger charge is 2.13. The zero-order valence-corrected chi connectivity index (χ0v) is 10.5. The molecule has 0 bridgehead atoms. The average molecular weight is 258 g/mol. The molecule has 0 fully saturated rings. The first-order valence-corrected chi connectivity index (χ1v) is 4.93. The first-order valence-electron chi connectivity index (χ1n) is 4.93. The van der Waals surface area contributed by atoms with Gasteiger partial charge in [-0.05, 0) is 19.1 Å². The number of hydrogen-bond acceptors (Lipinski definition) is 3. The maximum Gasteiger partial charge on any atom is 0.253 e. The quantitative estimate of drug-likeness (QED) is 0.747. The van der Waals surface area contributed by atoms with Gasteiger partial charge >= 0.3 is 0 Å². The van der Waals surface area contributed by atoms with Crippen molar-refractivity contribution in [3.8, 4) is 0 Å². The van der Waals surface area contributed by atoms with Gasteiger partial charge in [-0.1, -0.05) is 12.1 Å². The van der Waals surface area contributed by atoms with Gasteiger partial charge in [-0.15, -0.1) is 12.4 Å². The second kappa shape index (κ2) is 6.88. The SMILES string of the molecule is CNC(=O)c1ccccc1NC(=O)[C@H](C)N.Cl. The van der Waals surface area contributed by atoms with E-state index in [0.717, 1.165) is 0 Å². The van der Waals surface area contributed by atoms with Crippen LogP contribution in [0.1, 0.15) is 17.3 Å². The molecular weight excluding hydrogens is 242 g/mol. The molecule has 0 aliphatic carbocycles. The molecule has 2 amide bonds. The first kappa shape index (κ1) is 15.4. The van der Waals surface area contributed by atoms with E-state index >= 15 is 0 Å². The molecule has 6 heteroatoms. The third-order valence-corrected chi connectivity index (χ3v) is 2.07. The molecule has 0 heterocycles. The molecule has 1 aromatic carbocycles. The monoisotopic (exact) mass is 257 g/mol. The summed E-state index contributed by atoms with van der Waals surface area (Å²) in [5.74, 6) is -0.572. The number of carbonyl (C=O) groups excluding carboxylic acids is 2. The number of nitrogens with one attached hydrogen (secondary N) is 2. The van der Waals surface area contributed by atoms with Crippen LogP contribution in [-0.2, 0) is 4.79 Å². The van der Waals surface area contributed by atoms with Gasteiger partial charge in [-0.25, -0.2) is 0 Å². The van der Waals surface area contributed by atoms with Crippen LogP contribution in [0.25, 0.3) is 0 Å². The zero-order valence-electron chi connectivity index (χ0n) is 9.69. The number of anilines is 1. The van der Waals surface area contributed by atoms with E-state index in [1.54, 1.807) is 31.2 Å². The van der Waals surface area contributed by atoms with Crippen molar-refractivity contribution in [2.45, 2.75) is 13.0 Å². The molecule has 0 aromatic heterocycles. The van der Waals surface area contributed by atoms with Gasteiger partial charge in [-0.2, -0.15) is 0 Å². The molecule has 17 heavy (non-hydrogen) atoms. The molecule has 94 valence electrons. The smallest absolute Gasteiger partial charge is 0.253 e. The third-order valence-electron chi connectivity index (χ3n) is 2.07. The highest BCUT2D eigenvalue weighted by molar-refractivity contribution is 6.04. The predicted octanol–water partition coefficient (Wildman–Crippen LogP) is 0.754. The van der Waals surface area contributed by atoms with E-state index < -0.39 is 6.04 Å². The second-order valence-electron chi connectivity index (χ2n) is 3.40. The van der Waals surface area contributed by atoms with E-state index in [4.69, 9.17) is 5.73 Å². The van der Waals surface area contributed by atoms with E-state index in [1.165, 1.54) is 7.05 Å². The maximum atomic E-state index is 11.5. The number of halogens is 1. The lowest BCUT2D eigenvalue weighted by Gasteiger charge is -2.11. The van der Waals surface area contributed by atoms with Gasteiger partial charge < -0.3 is 16.4 Å². The van der Waals surface area contributed by atoms with E-state index in [1.807, 2.05) is 0 Å². The van der Waals surface area contributed by atoms with Gasteiger partial charge in [0.2, 0.25) is 5.91 Å². The molecule has 0 aliphatic heterocycles. The number of carbonyl (C=O) groups is 2. The minimum absolute atomic E-state index is 0. The molecule has 4 N–H and O–H groups in total. The molecule has 0 saturated heterocycles. The number of para-hydroxylation sites is 1. The Kier molecular flexibility index (Phi) is 6.23. The fraction of sp³-hybridized carbons (Fsp3) is 0.273. The summed E-state index contributed by atoms with van der Waals surface area (Å²) in [5, 5.41) is 5.10. The molecule has 0 saturated carbocycles. The molecule has 0 aliphatic rings.